The molecule has 226 valence electrons. The van der Waals surface area contributed by atoms with Gasteiger partial charge in [-0.3, -0.25) is 14.4 Å². The van der Waals surface area contributed by atoms with Crippen molar-refractivity contribution >= 4 is 57.6 Å². The van der Waals surface area contributed by atoms with E-state index in [0.717, 1.165) is 52.6 Å². The molecule has 45 heavy (non-hydrogen) atoms. The molecule has 5 aromatic rings. The minimum Gasteiger partial charge on any atom is -0.356 e. The number of nitrogens with one attached hydrogen (secondary N) is 2. The number of pyridine rings is 1. The molecule has 1 saturated heterocycles. The molecule has 2 N–H and O–H groups in total. The molecular weight excluding hydrogens is 605 g/mol. The lowest BCUT2D eigenvalue weighted by molar-refractivity contribution is 0.0952. The summed E-state index contributed by atoms with van der Waals surface area (Å²) in [5.41, 5.74) is 4.44. The van der Waals surface area contributed by atoms with E-state index in [9.17, 15) is 14.4 Å². The number of anilines is 3. The van der Waals surface area contributed by atoms with Gasteiger partial charge >= 0.3 is 0 Å². The molecule has 0 bridgehead atoms. The number of hydrogen-bond acceptors (Lipinski definition) is 8. The summed E-state index contributed by atoms with van der Waals surface area (Å²) in [4.78, 5) is 54.3. The SMILES string of the molecule is O=C(NCc1nccs1)c1cc2c(s1)-c1ccccc1N(C(=O)c1ccc(NC(=O)c3cccnc3N3CCCC3)cc1)CC2. The third-order valence-electron chi connectivity index (χ3n) is 8.03. The maximum atomic E-state index is 13.9. The fourth-order valence-electron chi connectivity index (χ4n) is 5.81. The molecule has 2 aliphatic heterocycles. The van der Waals surface area contributed by atoms with E-state index < -0.39 is 0 Å². The molecule has 11 heteroatoms. The Morgan fingerprint density at radius 3 is 2.49 bits per heavy atom. The van der Waals surface area contributed by atoms with E-state index in [1.807, 2.05) is 35.7 Å². The first-order chi connectivity index (χ1) is 22.0. The Bertz CT molecular complexity index is 1860. The number of carbonyl (C=O) groups is 3. The highest BCUT2D eigenvalue weighted by Gasteiger charge is 2.28. The Labute approximate surface area is 268 Å². The quantitative estimate of drug-likeness (QED) is 0.219. The highest BCUT2D eigenvalue weighted by Crippen LogP contribution is 2.42. The van der Waals surface area contributed by atoms with Gasteiger partial charge in [-0.25, -0.2) is 9.97 Å². The van der Waals surface area contributed by atoms with Crippen LogP contribution in [0, 0.1) is 0 Å². The van der Waals surface area contributed by atoms with E-state index in [4.69, 9.17) is 0 Å². The number of hydrogen-bond donors (Lipinski definition) is 2. The first-order valence-electron chi connectivity index (χ1n) is 14.9. The lowest BCUT2D eigenvalue weighted by Crippen LogP contribution is -2.32. The van der Waals surface area contributed by atoms with Gasteiger partial charge in [0.05, 0.1) is 22.7 Å². The van der Waals surface area contributed by atoms with E-state index in [1.165, 1.54) is 22.7 Å². The number of amides is 3. The standard InChI is InChI=1S/C34H30N6O3S2/c41-32(26-7-5-14-36-31(26)39-16-3-4-17-39)38-24-11-9-22(10-12-24)34(43)40-18-13-23-20-28(33(42)37-21-29-35-15-19-44-29)45-30(23)25-6-1-2-8-27(25)40/h1-2,5-12,14-15,19-20H,3-4,13,16-18,21H2,(H,37,42)(H,38,41). The number of rotatable bonds is 7. The van der Waals surface area contributed by atoms with Gasteiger partial charge in [0, 0.05) is 59.1 Å². The third-order valence-corrected chi connectivity index (χ3v) is 10.0. The summed E-state index contributed by atoms with van der Waals surface area (Å²) in [6.45, 7) is 2.65. The Hall–Kier alpha value is -4.87. The molecule has 2 aromatic carbocycles. The number of thiazole rings is 1. The molecule has 0 unspecified atom stereocenters. The molecule has 7 rings (SSSR count). The molecule has 2 aliphatic rings. The van der Waals surface area contributed by atoms with Crippen molar-refractivity contribution < 1.29 is 14.4 Å². The largest absolute Gasteiger partial charge is 0.356 e. The highest BCUT2D eigenvalue weighted by molar-refractivity contribution is 7.17. The van der Waals surface area contributed by atoms with Gasteiger partial charge in [-0.2, -0.15) is 0 Å². The number of fused-ring (bicyclic) bond motifs is 3. The van der Waals surface area contributed by atoms with E-state index in [-0.39, 0.29) is 17.7 Å². The predicted octanol–water partition coefficient (Wildman–Crippen LogP) is 6.25. The van der Waals surface area contributed by atoms with Gasteiger partial charge in [0.25, 0.3) is 17.7 Å². The van der Waals surface area contributed by atoms with Crippen molar-refractivity contribution in [3.05, 3.63) is 111 Å². The summed E-state index contributed by atoms with van der Waals surface area (Å²) in [5, 5.41) is 8.68. The van der Waals surface area contributed by atoms with Crippen molar-refractivity contribution in [2.45, 2.75) is 25.8 Å². The van der Waals surface area contributed by atoms with Crippen molar-refractivity contribution in [2.75, 3.05) is 34.8 Å². The molecule has 0 spiro atoms. The molecule has 9 nitrogen and oxygen atoms in total. The van der Waals surface area contributed by atoms with Crippen LogP contribution in [0.15, 0.2) is 84.5 Å². The maximum Gasteiger partial charge on any atom is 0.261 e. The Morgan fingerprint density at radius 2 is 1.69 bits per heavy atom. The fraction of sp³-hybridized carbons (Fsp3) is 0.206. The third kappa shape index (κ3) is 5.96. The molecule has 0 radical (unpaired) electrons. The highest BCUT2D eigenvalue weighted by atomic mass is 32.1. The molecule has 0 aliphatic carbocycles. The van der Waals surface area contributed by atoms with Crippen LogP contribution in [0.5, 0.6) is 0 Å². The summed E-state index contributed by atoms with van der Waals surface area (Å²) in [7, 11) is 0. The number of para-hydroxylation sites is 1. The van der Waals surface area contributed by atoms with Crippen molar-refractivity contribution in [3.8, 4) is 10.4 Å². The first kappa shape index (κ1) is 28.9. The van der Waals surface area contributed by atoms with Gasteiger partial charge in [-0.05, 0) is 73.4 Å². The smallest absolute Gasteiger partial charge is 0.261 e. The molecule has 3 amide bonds. The molecular formula is C34H30N6O3S2. The fourth-order valence-corrected chi connectivity index (χ4v) is 7.52. The van der Waals surface area contributed by atoms with Crippen LogP contribution in [0.3, 0.4) is 0 Å². The Balaban J connectivity index is 1.07. The normalized spacial score (nSPS) is 14.0. The number of aromatic nitrogens is 2. The van der Waals surface area contributed by atoms with Crippen LogP contribution >= 0.6 is 22.7 Å². The second kappa shape index (κ2) is 12.6. The van der Waals surface area contributed by atoms with E-state index in [0.29, 0.717) is 47.0 Å². The second-order valence-corrected chi connectivity index (χ2v) is 12.9. The van der Waals surface area contributed by atoms with Crippen LogP contribution < -0.4 is 20.4 Å². The zero-order chi connectivity index (χ0) is 30.8. The number of carbonyl (C=O) groups excluding carboxylic acids is 3. The second-order valence-electron chi connectivity index (χ2n) is 10.9. The average Bonchev–Trinajstić information content (AvgIpc) is 3.86. The van der Waals surface area contributed by atoms with E-state index in [2.05, 4.69) is 25.5 Å². The van der Waals surface area contributed by atoms with Crippen molar-refractivity contribution in [1.29, 1.82) is 0 Å². The monoisotopic (exact) mass is 634 g/mol. The van der Waals surface area contributed by atoms with Crippen LogP contribution in [0.1, 0.15) is 53.8 Å². The molecule has 1 fully saturated rings. The molecule has 0 saturated carbocycles. The van der Waals surface area contributed by atoms with Crippen LogP contribution in [0.2, 0.25) is 0 Å². The zero-order valence-corrected chi connectivity index (χ0v) is 26.0. The zero-order valence-electron chi connectivity index (χ0n) is 24.4. The van der Waals surface area contributed by atoms with Crippen LogP contribution in [0.25, 0.3) is 10.4 Å². The van der Waals surface area contributed by atoms with Crippen LogP contribution in [-0.2, 0) is 13.0 Å². The minimum atomic E-state index is -0.229. The Kier molecular flexibility index (Phi) is 8.10. The summed E-state index contributed by atoms with van der Waals surface area (Å²) < 4.78 is 0. The molecule has 5 heterocycles. The summed E-state index contributed by atoms with van der Waals surface area (Å²) in [5.74, 6) is 0.223. The topological polar surface area (TPSA) is 108 Å². The van der Waals surface area contributed by atoms with Gasteiger partial charge in [0.1, 0.15) is 10.8 Å². The lowest BCUT2D eigenvalue weighted by Gasteiger charge is -2.23. The van der Waals surface area contributed by atoms with Gasteiger partial charge in [0.15, 0.2) is 0 Å². The number of nitrogens with zero attached hydrogens (tertiary/aromatic N) is 4. The van der Waals surface area contributed by atoms with E-state index in [1.54, 1.807) is 53.7 Å². The minimum absolute atomic E-state index is 0.125. The van der Waals surface area contributed by atoms with Crippen LogP contribution in [-0.4, -0.2) is 47.3 Å². The first-order valence-corrected chi connectivity index (χ1v) is 16.6. The summed E-state index contributed by atoms with van der Waals surface area (Å²) in [6, 6.07) is 20.3. The van der Waals surface area contributed by atoms with Crippen molar-refractivity contribution in [2.24, 2.45) is 0 Å². The lowest BCUT2D eigenvalue weighted by atomic mass is 10.1. The maximum absolute atomic E-state index is 13.9. The molecule has 3 aromatic heterocycles. The molecule has 0 atom stereocenters. The Morgan fingerprint density at radius 1 is 0.867 bits per heavy atom. The van der Waals surface area contributed by atoms with Gasteiger partial charge in [-0.1, -0.05) is 18.2 Å². The average molecular weight is 635 g/mol. The predicted molar refractivity (Wildman–Crippen MR) is 178 cm³/mol. The summed E-state index contributed by atoms with van der Waals surface area (Å²) >= 11 is 2.95. The summed E-state index contributed by atoms with van der Waals surface area (Å²) in [6.07, 6.45) is 6.24. The van der Waals surface area contributed by atoms with Gasteiger partial charge in [-0.15, -0.1) is 22.7 Å². The van der Waals surface area contributed by atoms with Gasteiger partial charge < -0.3 is 20.4 Å². The number of benzene rings is 2. The van der Waals surface area contributed by atoms with Crippen LogP contribution in [0.4, 0.5) is 17.2 Å². The van der Waals surface area contributed by atoms with E-state index >= 15 is 0 Å². The van der Waals surface area contributed by atoms with Gasteiger partial charge in [0.2, 0.25) is 0 Å². The number of thiophene rings is 1. The van der Waals surface area contributed by atoms with Crippen molar-refractivity contribution in [1.82, 2.24) is 15.3 Å². The van der Waals surface area contributed by atoms with Crippen molar-refractivity contribution in [3.63, 3.8) is 0 Å².